The van der Waals surface area contributed by atoms with Crippen LogP contribution in [0.3, 0.4) is 0 Å². The minimum absolute atomic E-state index is 0.172. The van der Waals surface area contributed by atoms with Crippen LogP contribution >= 0.6 is 0 Å². The summed E-state index contributed by atoms with van der Waals surface area (Å²) in [4.78, 5) is 17.0. The summed E-state index contributed by atoms with van der Waals surface area (Å²) < 4.78 is 0. The summed E-state index contributed by atoms with van der Waals surface area (Å²) in [7, 11) is 2.18. The number of rotatable bonds is 5. The van der Waals surface area contributed by atoms with Crippen molar-refractivity contribution in [1.82, 2.24) is 9.80 Å². The Labute approximate surface area is 117 Å². The van der Waals surface area contributed by atoms with E-state index < -0.39 is 0 Å². The van der Waals surface area contributed by atoms with E-state index in [-0.39, 0.29) is 17.9 Å². The Bertz CT molecular complexity index is 315. The summed E-state index contributed by atoms with van der Waals surface area (Å²) in [5, 5.41) is 0. The monoisotopic (exact) mass is 267 g/mol. The number of carbonyl (C=O) groups excluding carboxylic acids is 1. The summed E-state index contributed by atoms with van der Waals surface area (Å²) in [5.41, 5.74) is 6.06. The molecule has 0 aromatic heterocycles. The fraction of sp³-hybridized carbons (Fsp3) is 0.933. The van der Waals surface area contributed by atoms with Crippen LogP contribution in [0.1, 0.15) is 39.5 Å². The van der Waals surface area contributed by atoms with Gasteiger partial charge in [0.05, 0.1) is 6.04 Å². The molecule has 2 atom stereocenters. The van der Waals surface area contributed by atoms with Crippen LogP contribution in [0, 0.1) is 11.8 Å². The van der Waals surface area contributed by atoms with Gasteiger partial charge in [0.1, 0.15) is 0 Å². The summed E-state index contributed by atoms with van der Waals surface area (Å²) in [5.74, 6) is 1.02. The van der Waals surface area contributed by atoms with Gasteiger partial charge in [0.15, 0.2) is 0 Å². The van der Waals surface area contributed by atoms with Crippen LogP contribution in [0.2, 0.25) is 0 Å². The van der Waals surface area contributed by atoms with Crippen LogP contribution in [-0.4, -0.2) is 54.5 Å². The zero-order valence-electron chi connectivity index (χ0n) is 12.6. The standard InChI is InChI=1S/C15H29N3O/c1-11(2)14(16)15(19)18(13-6-7-13)10-12-5-4-8-17(3)9-12/h11-14H,4-10,16H2,1-3H3/t12-,14+/m1/s1. The van der Waals surface area contributed by atoms with E-state index in [1.54, 1.807) is 0 Å². The Hall–Kier alpha value is -0.610. The van der Waals surface area contributed by atoms with E-state index in [0.29, 0.717) is 12.0 Å². The molecule has 2 N–H and O–H groups in total. The first-order valence-electron chi connectivity index (χ1n) is 7.73. The molecule has 0 spiro atoms. The molecule has 1 heterocycles. The second kappa shape index (κ2) is 6.23. The predicted molar refractivity (Wildman–Crippen MR) is 77.8 cm³/mol. The first-order valence-corrected chi connectivity index (χ1v) is 7.73. The van der Waals surface area contributed by atoms with Crippen molar-refractivity contribution in [3.63, 3.8) is 0 Å². The highest BCUT2D eigenvalue weighted by Crippen LogP contribution is 2.30. The topological polar surface area (TPSA) is 49.6 Å². The molecule has 0 unspecified atom stereocenters. The van der Waals surface area contributed by atoms with Gasteiger partial charge in [-0.15, -0.1) is 0 Å². The maximum atomic E-state index is 12.5. The number of likely N-dealkylation sites (tertiary alicyclic amines) is 1. The van der Waals surface area contributed by atoms with Crippen LogP contribution in [0.5, 0.6) is 0 Å². The van der Waals surface area contributed by atoms with E-state index in [1.165, 1.54) is 32.2 Å². The van der Waals surface area contributed by atoms with Crippen LogP contribution in [0.4, 0.5) is 0 Å². The predicted octanol–water partition coefficient (Wildman–Crippen LogP) is 1.30. The molecule has 19 heavy (non-hydrogen) atoms. The van der Waals surface area contributed by atoms with Gasteiger partial charge in [-0.2, -0.15) is 0 Å². The lowest BCUT2D eigenvalue weighted by Crippen LogP contribution is -2.50. The van der Waals surface area contributed by atoms with Crippen molar-refractivity contribution in [3.05, 3.63) is 0 Å². The number of hydrogen-bond acceptors (Lipinski definition) is 3. The largest absolute Gasteiger partial charge is 0.338 e. The van der Waals surface area contributed by atoms with Crippen molar-refractivity contribution in [2.75, 3.05) is 26.7 Å². The molecule has 0 aromatic carbocycles. The molecule has 1 aliphatic heterocycles. The van der Waals surface area contributed by atoms with Gasteiger partial charge in [-0.05, 0) is 51.1 Å². The van der Waals surface area contributed by atoms with Crippen LogP contribution in [-0.2, 0) is 4.79 Å². The normalized spacial score (nSPS) is 26.5. The van der Waals surface area contributed by atoms with Gasteiger partial charge in [0.25, 0.3) is 0 Å². The maximum Gasteiger partial charge on any atom is 0.240 e. The number of carbonyl (C=O) groups is 1. The average molecular weight is 267 g/mol. The van der Waals surface area contributed by atoms with E-state index in [2.05, 4.69) is 16.8 Å². The molecule has 2 rings (SSSR count). The van der Waals surface area contributed by atoms with E-state index in [0.717, 1.165) is 13.1 Å². The summed E-state index contributed by atoms with van der Waals surface area (Å²) in [6, 6.07) is 0.145. The number of hydrogen-bond donors (Lipinski definition) is 1. The van der Waals surface area contributed by atoms with Crippen molar-refractivity contribution < 1.29 is 4.79 Å². The van der Waals surface area contributed by atoms with Crippen LogP contribution in [0.25, 0.3) is 0 Å². The quantitative estimate of drug-likeness (QED) is 0.817. The van der Waals surface area contributed by atoms with Gasteiger partial charge < -0.3 is 15.5 Å². The third-order valence-corrected chi connectivity index (χ3v) is 4.45. The summed E-state index contributed by atoms with van der Waals surface area (Å²) >= 11 is 0. The Morgan fingerprint density at radius 1 is 1.37 bits per heavy atom. The zero-order valence-corrected chi connectivity index (χ0v) is 12.6. The fourth-order valence-corrected chi connectivity index (χ4v) is 2.98. The summed E-state index contributed by atoms with van der Waals surface area (Å²) in [6.07, 6.45) is 4.83. The summed E-state index contributed by atoms with van der Waals surface area (Å²) in [6.45, 7) is 7.28. The molecule has 2 fully saturated rings. The number of nitrogens with zero attached hydrogens (tertiary/aromatic N) is 2. The van der Waals surface area contributed by atoms with Crippen molar-refractivity contribution in [1.29, 1.82) is 0 Å². The molecule has 4 heteroatoms. The van der Waals surface area contributed by atoms with E-state index in [9.17, 15) is 4.79 Å². The number of piperidine rings is 1. The molecule has 0 aromatic rings. The van der Waals surface area contributed by atoms with E-state index in [4.69, 9.17) is 5.73 Å². The zero-order chi connectivity index (χ0) is 14.0. The van der Waals surface area contributed by atoms with Gasteiger partial charge in [-0.1, -0.05) is 13.8 Å². The SMILES string of the molecule is CC(C)[C@H](N)C(=O)N(C[C@@H]1CCCN(C)C1)C1CC1. The lowest BCUT2D eigenvalue weighted by atomic mass is 9.96. The molecular weight excluding hydrogens is 238 g/mol. The van der Waals surface area contributed by atoms with Gasteiger partial charge >= 0.3 is 0 Å². The first-order chi connectivity index (χ1) is 8.99. The lowest BCUT2D eigenvalue weighted by molar-refractivity contribution is -0.135. The Morgan fingerprint density at radius 2 is 2.05 bits per heavy atom. The maximum absolute atomic E-state index is 12.5. The van der Waals surface area contributed by atoms with Crippen molar-refractivity contribution in [3.8, 4) is 0 Å². The second-order valence-electron chi connectivity index (χ2n) is 6.76. The van der Waals surface area contributed by atoms with Crippen molar-refractivity contribution in [2.45, 2.75) is 51.6 Å². The number of amides is 1. The van der Waals surface area contributed by atoms with Crippen LogP contribution < -0.4 is 5.73 Å². The van der Waals surface area contributed by atoms with E-state index in [1.807, 2.05) is 13.8 Å². The Morgan fingerprint density at radius 3 is 2.58 bits per heavy atom. The molecule has 1 saturated carbocycles. The first kappa shape index (κ1) is 14.8. The highest BCUT2D eigenvalue weighted by Gasteiger charge is 2.37. The highest BCUT2D eigenvalue weighted by atomic mass is 16.2. The molecular formula is C15H29N3O. The third-order valence-electron chi connectivity index (χ3n) is 4.45. The van der Waals surface area contributed by atoms with E-state index >= 15 is 0 Å². The molecule has 0 bridgehead atoms. The molecule has 110 valence electrons. The van der Waals surface area contributed by atoms with Gasteiger partial charge in [-0.3, -0.25) is 4.79 Å². The highest BCUT2D eigenvalue weighted by molar-refractivity contribution is 5.82. The number of nitrogens with two attached hydrogens (primary N) is 1. The van der Waals surface area contributed by atoms with Gasteiger partial charge in [0.2, 0.25) is 5.91 Å². The smallest absolute Gasteiger partial charge is 0.240 e. The van der Waals surface area contributed by atoms with Gasteiger partial charge in [0, 0.05) is 19.1 Å². The minimum Gasteiger partial charge on any atom is -0.338 e. The Balaban J connectivity index is 1.94. The van der Waals surface area contributed by atoms with Crippen molar-refractivity contribution in [2.24, 2.45) is 17.6 Å². The Kier molecular flexibility index (Phi) is 4.85. The molecule has 4 nitrogen and oxygen atoms in total. The minimum atomic E-state index is -0.332. The third kappa shape index (κ3) is 3.93. The fourth-order valence-electron chi connectivity index (χ4n) is 2.98. The molecule has 0 radical (unpaired) electrons. The average Bonchev–Trinajstić information content (AvgIpc) is 3.18. The van der Waals surface area contributed by atoms with Crippen molar-refractivity contribution >= 4 is 5.91 Å². The molecule has 2 aliphatic rings. The lowest BCUT2D eigenvalue weighted by Gasteiger charge is -2.35. The molecule has 1 amide bonds. The molecule has 1 saturated heterocycles. The van der Waals surface area contributed by atoms with Crippen LogP contribution in [0.15, 0.2) is 0 Å². The molecule has 1 aliphatic carbocycles. The van der Waals surface area contributed by atoms with Gasteiger partial charge in [-0.25, -0.2) is 0 Å². The second-order valence-corrected chi connectivity index (χ2v) is 6.76.